The summed E-state index contributed by atoms with van der Waals surface area (Å²) >= 11 is 0. The Morgan fingerprint density at radius 2 is 1.68 bits per heavy atom. The van der Waals surface area contributed by atoms with Gasteiger partial charge in [0.05, 0.1) is 16.3 Å². The van der Waals surface area contributed by atoms with Gasteiger partial charge in [-0.3, -0.25) is 4.79 Å². The SMILES string of the molecule is CCN(CC)S(=O)(=O)c1ccc(C(=O)Nc2cc3c(cc2N)OCO3)cc1.Cl. The minimum atomic E-state index is -3.56. The number of ether oxygens (including phenoxy) is 2. The van der Waals surface area contributed by atoms with Crippen molar-refractivity contribution in [3.05, 3.63) is 42.0 Å². The van der Waals surface area contributed by atoms with Crippen LogP contribution in [-0.2, 0) is 10.0 Å². The maximum absolute atomic E-state index is 12.5. The van der Waals surface area contributed by atoms with E-state index in [4.69, 9.17) is 15.2 Å². The molecule has 0 saturated heterocycles. The number of hydrogen-bond acceptors (Lipinski definition) is 6. The smallest absolute Gasteiger partial charge is 0.255 e. The first-order valence-electron chi connectivity index (χ1n) is 8.47. The van der Waals surface area contributed by atoms with Crippen molar-refractivity contribution in [3.63, 3.8) is 0 Å². The fourth-order valence-corrected chi connectivity index (χ4v) is 4.21. The van der Waals surface area contributed by atoms with Crippen LogP contribution >= 0.6 is 12.4 Å². The molecule has 0 fully saturated rings. The third kappa shape index (κ3) is 4.16. The number of nitrogens with zero attached hydrogens (tertiary/aromatic N) is 1. The van der Waals surface area contributed by atoms with Crippen LogP contribution in [0, 0.1) is 0 Å². The van der Waals surface area contributed by atoms with E-state index in [1.165, 1.54) is 28.6 Å². The van der Waals surface area contributed by atoms with E-state index in [1.54, 1.807) is 26.0 Å². The lowest BCUT2D eigenvalue weighted by Crippen LogP contribution is -2.30. The molecule has 8 nitrogen and oxygen atoms in total. The molecule has 0 saturated carbocycles. The van der Waals surface area contributed by atoms with Crippen LogP contribution in [0.15, 0.2) is 41.3 Å². The molecular formula is C18H22ClN3O5S. The van der Waals surface area contributed by atoms with E-state index < -0.39 is 15.9 Å². The predicted molar refractivity (Wildman–Crippen MR) is 109 cm³/mol. The lowest BCUT2D eigenvalue weighted by Gasteiger charge is -2.18. The summed E-state index contributed by atoms with van der Waals surface area (Å²) in [5, 5.41) is 2.70. The van der Waals surface area contributed by atoms with E-state index in [0.29, 0.717) is 41.5 Å². The van der Waals surface area contributed by atoms with Gasteiger partial charge in [0.1, 0.15) is 0 Å². The highest BCUT2D eigenvalue weighted by atomic mass is 35.5. The van der Waals surface area contributed by atoms with Crippen LogP contribution in [0.2, 0.25) is 0 Å². The summed E-state index contributed by atoms with van der Waals surface area (Å²) in [6, 6.07) is 8.95. The number of carbonyl (C=O) groups excluding carboxylic acids is 1. The maximum Gasteiger partial charge on any atom is 0.255 e. The number of amides is 1. The lowest BCUT2D eigenvalue weighted by molar-refractivity contribution is 0.102. The first kappa shape index (κ1) is 21.8. The van der Waals surface area contributed by atoms with Crippen molar-refractivity contribution in [3.8, 4) is 11.5 Å². The quantitative estimate of drug-likeness (QED) is 0.685. The normalized spacial score (nSPS) is 12.5. The summed E-state index contributed by atoms with van der Waals surface area (Å²) in [7, 11) is -3.56. The van der Waals surface area contributed by atoms with Crippen molar-refractivity contribution in [1.82, 2.24) is 4.31 Å². The van der Waals surface area contributed by atoms with Crippen molar-refractivity contribution in [2.45, 2.75) is 18.7 Å². The minimum absolute atomic E-state index is 0. The van der Waals surface area contributed by atoms with Crippen molar-refractivity contribution in [2.75, 3.05) is 30.9 Å². The largest absolute Gasteiger partial charge is 0.454 e. The number of anilines is 2. The molecule has 0 bridgehead atoms. The number of carbonyl (C=O) groups is 1. The molecule has 0 atom stereocenters. The van der Waals surface area contributed by atoms with Gasteiger partial charge < -0.3 is 20.5 Å². The standard InChI is InChI=1S/C18H21N3O5S.ClH/c1-3-21(4-2)27(23,24)13-7-5-12(6-8-13)18(22)20-15-10-17-16(9-14(15)19)25-11-26-17;/h5-10H,3-4,11,19H2,1-2H3,(H,20,22);1H. The van der Waals surface area contributed by atoms with Gasteiger partial charge in [0, 0.05) is 30.8 Å². The van der Waals surface area contributed by atoms with Crippen LogP contribution < -0.4 is 20.5 Å². The van der Waals surface area contributed by atoms with Gasteiger partial charge in [-0.25, -0.2) is 8.42 Å². The fourth-order valence-electron chi connectivity index (χ4n) is 2.75. The van der Waals surface area contributed by atoms with Crippen LogP contribution in [0.4, 0.5) is 11.4 Å². The molecule has 2 aromatic carbocycles. The number of sulfonamides is 1. The molecule has 1 aliphatic heterocycles. The molecule has 0 unspecified atom stereocenters. The molecule has 28 heavy (non-hydrogen) atoms. The lowest BCUT2D eigenvalue weighted by atomic mass is 10.2. The average Bonchev–Trinajstić information content (AvgIpc) is 3.10. The first-order chi connectivity index (χ1) is 12.9. The topological polar surface area (TPSA) is 111 Å². The second kappa shape index (κ2) is 8.68. The molecule has 0 aromatic heterocycles. The molecule has 0 radical (unpaired) electrons. The van der Waals surface area contributed by atoms with Gasteiger partial charge in [0.15, 0.2) is 11.5 Å². The highest BCUT2D eigenvalue weighted by Gasteiger charge is 2.22. The van der Waals surface area contributed by atoms with Crippen molar-refractivity contribution >= 4 is 39.7 Å². The van der Waals surface area contributed by atoms with Gasteiger partial charge in [-0.15, -0.1) is 12.4 Å². The Bertz CT molecular complexity index is 960. The molecular weight excluding hydrogens is 406 g/mol. The first-order valence-corrected chi connectivity index (χ1v) is 9.91. The Labute approximate surface area is 170 Å². The highest BCUT2D eigenvalue weighted by molar-refractivity contribution is 7.89. The van der Waals surface area contributed by atoms with E-state index in [-0.39, 0.29) is 24.1 Å². The molecule has 1 heterocycles. The second-order valence-electron chi connectivity index (χ2n) is 5.86. The zero-order valence-electron chi connectivity index (χ0n) is 15.5. The van der Waals surface area contributed by atoms with Crippen LogP contribution in [-0.4, -0.2) is 38.5 Å². The fraction of sp³-hybridized carbons (Fsp3) is 0.278. The molecule has 0 aliphatic carbocycles. The Hall–Kier alpha value is -2.49. The summed E-state index contributed by atoms with van der Waals surface area (Å²) in [4.78, 5) is 12.6. The number of nitrogens with one attached hydrogen (secondary N) is 1. The van der Waals surface area contributed by atoms with Crippen molar-refractivity contribution in [2.24, 2.45) is 0 Å². The molecule has 1 amide bonds. The van der Waals surface area contributed by atoms with Crippen LogP contribution in [0.5, 0.6) is 11.5 Å². The number of nitrogen functional groups attached to an aromatic ring is 1. The summed E-state index contributed by atoms with van der Waals surface area (Å²) < 4.78 is 36.9. The number of benzene rings is 2. The highest BCUT2D eigenvalue weighted by Crippen LogP contribution is 2.38. The monoisotopic (exact) mass is 427 g/mol. The van der Waals surface area contributed by atoms with Crippen molar-refractivity contribution < 1.29 is 22.7 Å². The predicted octanol–water partition coefficient (Wildman–Crippen LogP) is 2.70. The van der Waals surface area contributed by atoms with Gasteiger partial charge >= 0.3 is 0 Å². The Kier molecular flexibility index (Phi) is 6.76. The van der Waals surface area contributed by atoms with Gasteiger partial charge in [-0.2, -0.15) is 4.31 Å². The minimum Gasteiger partial charge on any atom is -0.454 e. The summed E-state index contributed by atoms with van der Waals surface area (Å²) in [5.41, 5.74) is 6.97. The molecule has 2 aromatic rings. The Balaban J connectivity index is 0.00000280. The van der Waals surface area contributed by atoms with Crippen molar-refractivity contribution in [1.29, 1.82) is 0 Å². The molecule has 10 heteroatoms. The number of fused-ring (bicyclic) bond motifs is 1. The number of rotatable bonds is 6. The van der Waals surface area contributed by atoms with Crippen LogP contribution in [0.3, 0.4) is 0 Å². The third-order valence-electron chi connectivity index (χ3n) is 4.25. The van der Waals surface area contributed by atoms with E-state index >= 15 is 0 Å². The number of halogens is 1. The molecule has 3 rings (SSSR count). The van der Waals surface area contributed by atoms with Gasteiger partial charge in [-0.05, 0) is 24.3 Å². The zero-order chi connectivity index (χ0) is 19.6. The second-order valence-corrected chi connectivity index (χ2v) is 7.80. The molecule has 0 spiro atoms. The van der Waals surface area contributed by atoms with Gasteiger partial charge in [-0.1, -0.05) is 13.8 Å². The Morgan fingerprint density at radius 1 is 1.11 bits per heavy atom. The number of nitrogens with two attached hydrogens (primary N) is 1. The van der Waals surface area contributed by atoms with E-state index in [1.807, 2.05) is 0 Å². The summed E-state index contributed by atoms with van der Waals surface area (Å²) in [6.45, 7) is 4.42. The van der Waals surface area contributed by atoms with E-state index in [0.717, 1.165) is 0 Å². The van der Waals surface area contributed by atoms with Gasteiger partial charge in [0.25, 0.3) is 5.91 Å². The summed E-state index contributed by atoms with van der Waals surface area (Å²) in [5.74, 6) is 0.615. The van der Waals surface area contributed by atoms with Crippen LogP contribution in [0.1, 0.15) is 24.2 Å². The van der Waals surface area contributed by atoms with Crippen LogP contribution in [0.25, 0.3) is 0 Å². The van der Waals surface area contributed by atoms with E-state index in [9.17, 15) is 13.2 Å². The molecule has 3 N–H and O–H groups in total. The van der Waals surface area contributed by atoms with E-state index in [2.05, 4.69) is 5.32 Å². The molecule has 1 aliphatic rings. The average molecular weight is 428 g/mol. The number of hydrogen-bond donors (Lipinski definition) is 2. The molecule has 152 valence electrons. The third-order valence-corrected chi connectivity index (χ3v) is 6.32. The maximum atomic E-state index is 12.5. The van der Waals surface area contributed by atoms with Gasteiger partial charge in [0.2, 0.25) is 16.8 Å². The Morgan fingerprint density at radius 3 is 2.25 bits per heavy atom. The summed E-state index contributed by atoms with van der Waals surface area (Å²) in [6.07, 6.45) is 0. The zero-order valence-corrected chi connectivity index (χ0v) is 17.1.